The van der Waals surface area contributed by atoms with Gasteiger partial charge in [0.05, 0.1) is 0 Å². The van der Waals surface area contributed by atoms with E-state index in [4.69, 9.17) is 5.73 Å². The quantitative estimate of drug-likeness (QED) is 0.663. The summed E-state index contributed by atoms with van der Waals surface area (Å²) in [5.74, 6) is 1.68. The van der Waals surface area contributed by atoms with Crippen LogP contribution in [-0.4, -0.2) is 29.9 Å². The Morgan fingerprint density at radius 1 is 1.19 bits per heavy atom. The van der Waals surface area contributed by atoms with E-state index in [1.807, 2.05) is 0 Å². The Kier molecular flexibility index (Phi) is 8.98. The minimum Gasteiger partial charge on any atom is -0.340 e. The molecule has 2 N–H and O–H groups in total. The highest BCUT2D eigenvalue weighted by Gasteiger charge is 2.26. The van der Waals surface area contributed by atoms with Crippen molar-refractivity contribution in [3.63, 3.8) is 0 Å². The van der Waals surface area contributed by atoms with E-state index >= 15 is 0 Å². The lowest BCUT2D eigenvalue weighted by Crippen LogP contribution is -2.40. The van der Waals surface area contributed by atoms with E-state index in [2.05, 4.69) is 25.7 Å². The normalized spacial score (nSPS) is 17.4. The van der Waals surface area contributed by atoms with Gasteiger partial charge in [-0.1, -0.05) is 40.0 Å². The first-order valence-electron chi connectivity index (χ1n) is 9.08. The van der Waals surface area contributed by atoms with Crippen molar-refractivity contribution in [1.29, 1.82) is 0 Å². The second kappa shape index (κ2) is 10.2. The number of hydrogen-bond acceptors (Lipinski definition) is 2. The fourth-order valence-electron chi connectivity index (χ4n) is 3.38. The highest BCUT2D eigenvalue weighted by Crippen LogP contribution is 2.26. The largest absolute Gasteiger partial charge is 0.340 e. The van der Waals surface area contributed by atoms with Gasteiger partial charge in [0.2, 0.25) is 5.91 Å². The summed E-state index contributed by atoms with van der Waals surface area (Å²) in [6.07, 6.45) is 10.1. The zero-order valence-corrected chi connectivity index (χ0v) is 14.4. The summed E-state index contributed by atoms with van der Waals surface area (Å²) in [4.78, 5) is 14.9. The first-order chi connectivity index (χ1) is 10.1. The van der Waals surface area contributed by atoms with Gasteiger partial charge in [0.25, 0.3) is 0 Å². The molecule has 0 aromatic rings. The summed E-state index contributed by atoms with van der Waals surface area (Å²) in [5.41, 5.74) is 5.66. The fourth-order valence-corrected chi connectivity index (χ4v) is 3.38. The molecule has 1 rings (SSSR count). The molecule has 21 heavy (non-hydrogen) atoms. The number of amides is 1. The average Bonchev–Trinajstić information content (AvgIpc) is 2.97. The van der Waals surface area contributed by atoms with E-state index in [-0.39, 0.29) is 0 Å². The van der Waals surface area contributed by atoms with Crippen LogP contribution in [0, 0.1) is 11.8 Å². The molecule has 0 spiro atoms. The molecule has 1 amide bonds. The van der Waals surface area contributed by atoms with Crippen molar-refractivity contribution in [2.24, 2.45) is 17.6 Å². The molecule has 3 nitrogen and oxygen atoms in total. The van der Waals surface area contributed by atoms with Crippen molar-refractivity contribution in [2.75, 3.05) is 13.1 Å². The Morgan fingerprint density at radius 3 is 2.38 bits per heavy atom. The second-order valence-electron chi connectivity index (χ2n) is 7.10. The zero-order valence-electron chi connectivity index (χ0n) is 14.4. The summed E-state index contributed by atoms with van der Waals surface area (Å²) in [6.45, 7) is 8.39. The highest BCUT2D eigenvalue weighted by molar-refractivity contribution is 5.76. The van der Waals surface area contributed by atoms with Crippen molar-refractivity contribution in [2.45, 2.75) is 84.6 Å². The van der Waals surface area contributed by atoms with Crippen molar-refractivity contribution < 1.29 is 4.79 Å². The minimum absolute atomic E-state index is 0.387. The molecule has 0 saturated heterocycles. The molecule has 0 bridgehead atoms. The summed E-state index contributed by atoms with van der Waals surface area (Å²) in [6, 6.07) is 0.519. The highest BCUT2D eigenvalue weighted by atomic mass is 16.2. The average molecular weight is 296 g/mol. The van der Waals surface area contributed by atoms with Crippen LogP contribution in [0.3, 0.4) is 0 Å². The number of carbonyl (C=O) groups is 1. The molecule has 0 aliphatic heterocycles. The van der Waals surface area contributed by atoms with E-state index in [1.54, 1.807) is 0 Å². The van der Waals surface area contributed by atoms with Crippen LogP contribution in [-0.2, 0) is 4.79 Å². The van der Waals surface area contributed by atoms with E-state index in [1.165, 1.54) is 25.7 Å². The van der Waals surface area contributed by atoms with Crippen LogP contribution >= 0.6 is 0 Å². The zero-order chi connectivity index (χ0) is 15.7. The van der Waals surface area contributed by atoms with Gasteiger partial charge in [-0.25, -0.2) is 0 Å². The Morgan fingerprint density at radius 2 is 1.86 bits per heavy atom. The molecular weight excluding hydrogens is 260 g/mol. The predicted molar refractivity (Wildman–Crippen MR) is 90.1 cm³/mol. The van der Waals surface area contributed by atoms with Gasteiger partial charge in [-0.05, 0) is 50.5 Å². The van der Waals surface area contributed by atoms with Crippen molar-refractivity contribution in [3.05, 3.63) is 0 Å². The maximum Gasteiger partial charge on any atom is 0.222 e. The Balaban J connectivity index is 2.49. The molecule has 0 aromatic carbocycles. The van der Waals surface area contributed by atoms with Crippen molar-refractivity contribution in [1.82, 2.24) is 4.90 Å². The van der Waals surface area contributed by atoms with Crippen LogP contribution in [0.25, 0.3) is 0 Å². The molecule has 1 unspecified atom stereocenters. The van der Waals surface area contributed by atoms with Crippen LogP contribution in [0.4, 0.5) is 0 Å². The molecule has 124 valence electrons. The van der Waals surface area contributed by atoms with E-state index in [0.29, 0.717) is 30.2 Å². The van der Waals surface area contributed by atoms with Crippen molar-refractivity contribution >= 4 is 5.91 Å². The van der Waals surface area contributed by atoms with Gasteiger partial charge in [0, 0.05) is 19.0 Å². The lowest BCUT2D eigenvalue weighted by molar-refractivity contribution is -0.134. The SMILES string of the molecule is CCC(CCN)CCC(=O)N(CCC(C)C)C1CCCC1. The van der Waals surface area contributed by atoms with Crippen LogP contribution < -0.4 is 5.73 Å². The Hall–Kier alpha value is -0.570. The Bertz CT molecular complexity index is 285. The second-order valence-corrected chi connectivity index (χ2v) is 7.10. The Labute approximate surface area is 131 Å². The summed E-state index contributed by atoms with van der Waals surface area (Å²) < 4.78 is 0. The molecule has 1 aliphatic carbocycles. The molecular formula is C18H36N2O. The molecule has 1 aliphatic rings. The monoisotopic (exact) mass is 296 g/mol. The van der Waals surface area contributed by atoms with Gasteiger partial charge in [-0.15, -0.1) is 0 Å². The van der Waals surface area contributed by atoms with E-state index in [0.717, 1.165) is 38.8 Å². The van der Waals surface area contributed by atoms with Gasteiger partial charge in [-0.2, -0.15) is 0 Å². The third kappa shape index (κ3) is 6.82. The van der Waals surface area contributed by atoms with Gasteiger partial charge < -0.3 is 10.6 Å². The van der Waals surface area contributed by atoms with E-state index < -0.39 is 0 Å². The van der Waals surface area contributed by atoms with Crippen LogP contribution in [0.15, 0.2) is 0 Å². The lowest BCUT2D eigenvalue weighted by atomic mass is 9.96. The van der Waals surface area contributed by atoms with Crippen LogP contribution in [0.5, 0.6) is 0 Å². The molecule has 0 aromatic heterocycles. The fraction of sp³-hybridized carbons (Fsp3) is 0.944. The third-order valence-electron chi connectivity index (χ3n) is 4.95. The maximum absolute atomic E-state index is 12.7. The van der Waals surface area contributed by atoms with Gasteiger partial charge in [-0.3, -0.25) is 4.79 Å². The molecule has 3 heteroatoms. The molecule has 1 fully saturated rings. The molecule has 1 saturated carbocycles. The molecule has 0 heterocycles. The number of nitrogens with two attached hydrogens (primary N) is 1. The smallest absolute Gasteiger partial charge is 0.222 e. The van der Waals surface area contributed by atoms with Gasteiger partial charge >= 0.3 is 0 Å². The summed E-state index contributed by atoms with van der Waals surface area (Å²) >= 11 is 0. The number of rotatable bonds is 10. The van der Waals surface area contributed by atoms with E-state index in [9.17, 15) is 4.79 Å². The standard InChI is InChI=1S/C18H36N2O/c1-4-16(11-13-19)9-10-18(21)20(14-12-15(2)3)17-7-5-6-8-17/h15-17H,4-14,19H2,1-3H3. The first-order valence-corrected chi connectivity index (χ1v) is 9.08. The number of carbonyl (C=O) groups excluding carboxylic acids is 1. The van der Waals surface area contributed by atoms with Gasteiger partial charge in [0.15, 0.2) is 0 Å². The number of hydrogen-bond donors (Lipinski definition) is 1. The molecule has 0 radical (unpaired) electrons. The van der Waals surface area contributed by atoms with Crippen molar-refractivity contribution in [3.8, 4) is 0 Å². The third-order valence-corrected chi connectivity index (χ3v) is 4.95. The topological polar surface area (TPSA) is 46.3 Å². The molecule has 1 atom stereocenters. The summed E-state index contributed by atoms with van der Waals surface area (Å²) in [7, 11) is 0. The van der Waals surface area contributed by atoms with Gasteiger partial charge in [0.1, 0.15) is 0 Å². The first kappa shape index (κ1) is 18.5. The minimum atomic E-state index is 0.387. The summed E-state index contributed by atoms with van der Waals surface area (Å²) in [5, 5.41) is 0. The van der Waals surface area contributed by atoms with Crippen LogP contribution in [0.2, 0.25) is 0 Å². The lowest BCUT2D eigenvalue weighted by Gasteiger charge is -2.30. The predicted octanol–water partition coefficient (Wildman–Crippen LogP) is 3.96. The van der Waals surface area contributed by atoms with Crippen LogP contribution in [0.1, 0.15) is 78.6 Å². The number of nitrogens with zero attached hydrogens (tertiary/aromatic N) is 1. The maximum atomic E-state index is 12.7.